The molecule has 2 saturated heterocycles. The van der Waals surface area contributed by atoms with Gasteiger partial charge in [0.2, 0.25) is 0 Å². The molecule has 1 aromatic heterocycles. The maximum atomic E-state index is 13.4. The van der Waals surface area contributed by atoms with E-state index in [9.17, 15) is 9.59 Å². The summed E-state index contributed by atoms with van der Waals surface area (Å²) < 4.78 is 13.6. The largest absolute Gasteiger partial charge is 0.444 e. The van der Waals surface area contributed by atoms with Crippen LogP contribution in [0.25, 0.3) is 10.9 Å². The van der Waals surface area contributed by atoms with Gasteiger partial charge in [0.1, 0.15) is 5.60 Å². The Kier molecular flexibility index (Phi) is 4.96. The van der Waals surface area contributed by atoms with Gasteiger partial charge in [-0.2, -0.15) is 0 Å². The third-order valence-corrected chi connectivity index (χ3v) is 6.56. The van der Waals surface area contributed by atoms with Gasteiger partial charge >= 0.3 is 6.09 Å². The second-order valence-electron chi connectivity index (χ2n) is 9.97. The van der Waals surface area contributed by atoms with Gasteiger partial charge in [-0.1, -0.05) is 18.2 Å². The van der Waals surface area contributed by atoms with E-state index in [1.165, 1.54) is 0 Å². The molecular formula is C24H31N3O4. The van der Waals surface area contributed by atoms with E-state index in [1.807, 2.05) is 43.9 Å². The van der Waals surface area contributed by atoms with Gasteiger partial charge < -0.3 is 19.4 Å². The summed E-state index contributed by atoms with van der Waals surface area (Å²) in [6.07, 6.45) is 3.08. The third kappa shape index (κ3) is 3.69. The van der Waals surface area contributed by atoms with Gasteiger partial charge in [0, 0.05) is 29.2 Å². The summed E-state index contributed by atoms with van der Waals surface area (Å²) in [7, 11) is 0. The normalized spacial score (nSPS) is 25.4. The molecule has 3 aliphatic rings. The Hall–Kier alpha value is -2.54. The van der Waals surface area contributed by atoms with Crippen molar-refractivity contribution in [3.63, 3.8) is 0 Å². The average Bonchev–Trinajstić information content (AvgIpc) is 3.26. The predicted molar refractivity (Wildman–Crippen MR) is 117 cm³/mol. The zero-order valence-electron chi connectivity index (χ0n) is 18.5. The number of aryl methyl sites for hydroxylation is 1. The Morgan fingerprint density at radius 3 is 2.55 bits per heavy atom. The Balaban J connectivity index is 1.34. The minimum atomic E-state index is -0.534. The first-order valence-corrected chi connectivity index (χ1v) is 11.3. The van der Waals surface area contributed by atoms with E-state index in [0.717, 1.165) is 41.5 Å². The molecule has 0 saturated carbocycles. The molecule has 1 aromatic carbocycles. The second-order valence-corrected chi connectivity index (χ2v) is 9.97. The minimum absolute atomic E-state index is 0.00144. The van der Waals surface area contributed by atoms with Gasteiger partial charge in [-0.3, -0.25) is 9.69 Å². The molecule has 2 atom stereocenters. The predicted octanol–water partition coefficient (Wildman–Crippen LogP) is 3.48. The van der Waals surface area contributed by atoms with Crippen LogP contribution < -0.4 is 5.32 Å². The van der Waals surface area contributed by atoms with E-state index in [0.29, 0.717) is 26.1 Å². The van der Waals surface area contributed by atoms with Gasteiger partial charge in [-0.05, 0) is 52.5 Å². The molecular weight excluding hydrogens is 394 g/mol. The van der Waals surface area contributed by atoms with Gasteiger partial charge in [0.15, 0.2) is 0 Å². The van der Waals surface area contributed by atoms with Crippen molar-refractivity contribution in [1.29, 1.82) is 0 Å². The van der Waals surface area contributed by atoms with E-state index in [1.54, 1.807) is 0 Å². The van der Waals surface area contributed by atoms with Crippen molar-refractivity contribution in [2.45, 2.75) is 76.7 Å². The SMILES string of the molecule is CC(C)(C)OC(=O)N1C2COCC1CC(NC(=O)c1c3n(c4ccccc14)CCC3)C2. The van der Waals surface area contributed by atoms with Gasteiger partial charge in [0.25, 0.3) is 5.91 Å². The Bertz CT molecular complexity index is 1010. The van der Waals surface area contributed by atoms with Crippen LogP contribution in [0.4, 0.5) is 4.79 Å². The molecule has 7 heteroatoms. The summed E-state index contributed by atoms with van der Waals surface area (Å²) in [6.45, 7) is 7.57. The third-order valence-electron chi connectivity index (χ3n) is 6.56. The zero-order chi connectivity index (χ0) is 21.8. The molecule has 1 N–H and O–H groups in total. The van der Waals surface area contributed by atoms with Crippen molar-refractivity contribution in [1.82, 2.24) is 14.8 Å². The molecule has 7 nitrogen and oxygen atoms in total. The van der Waals surface area contributed by atoms with E-state index in [2.05, 4.69) is 16.0 Å². The Morgan fingerprint density at radius 1 is 1.13 bits per heavy atom. The molecule has 5 rings (SSSR count). The average molecular weight is 426 g/mol. The maximum absolute atomic E-state index is 13.4. The van der Waals surface area contributed by atoms with Crippen molar-refractivity contribution in [3.8, 4) is 0 Å². The fourth-order valence-corrected chi connectivity index (χ4v) is 5.43. The van der Waals surface area contributed by atoms with Crippen LogP contribution in [0.5, 0.6) is 0 Å². The molecule has 2 aromatic rings. The van der Waals surface area contributed by atoms with Crippen LogP contribution in [0.15, 0.2) is 24.3 Å². The maximum Gasteiger partial charge on any atom is 0.410 e. The highest BCUT2D eigenvalue weighted by atomic mass is 16.6. The number of aromatic nitrogens is 1. The number of carbonyl (C=O) groups is 2. The summed E-state index contributed by atoms with van der Waals surface area (Å²) >= 11 is 0. The number of rotatable bonds is 2. The fraction of sp³-hybridized carbons (Fsp3) is 0.583. The van der Waals surface area contributed by atoms with Crippen molar-refractivity contribution >= 4 is 22.9 Å². The smallest absolute Gasteiger partial charge is 0.410 e. The van der Waals surface area contributed by atoms with Crippen LogP contribution in [-0.4, -0.2) is 58.4 Å². The van der Waals surface area contributed by atoms with Crippen molar-refractivity contribution in [2.24, 2.45) is 0 Å². The molecule has 0 spiro atoms. The Labute approximate surface area is 182 Å². The first-order chi connectivity index (χ1) is 14.8. The number of piperidine rings is 1. The molecule has 31 heavy (non-hydrogen) atoms. The summed E-state index contributed by atoms with van der Waals surface area (Å²) in [4.78, 5) is 28.0. The van der Waals surface area contributed by atoms with Crippen LogP contribution in [0.3, 0.4) is 0 Å². The monoisotopic (exact) mass is 425 g/mol. The molecule has 166 valence electrons. The van der Waals surface area contributed by atoms with Crippen LogP contribution in [0.1, 0.15) is 56.1 Å². The van der Waals surface area contributed by atoms with Gasteiger partial charge in [0.05, 0.1) is 30.9 Å². The van der Waals surface area contributed by atoms with Crippen LogP contribution in [0, 0.1) is 0 Å². The number of benzene rings is 1. The van der Waals surface area contributed by atoms with Crippen LogP contribution in [0.2, 0.25) is 0 Å². The number of nitrogens with zero attached hydrogens (tertiary/aromatic N) is 2. The number of hydrogen-bond donors (Lipinski definition) is 1. The number of nitrogens with one attached hydrogen (secondary N) is 1. The standard InChI is InChI=1S/C24H31N3O4/c1-24(2,3)31-23(29)27-16-11-15(12-17(27)14-30-13-16)25-22(28)21-18-7-4-5-8-19(18)26-10-6-9-20(21)26/h4-5,7-8,15-17H,6,9-14H2,1-3H3,(H,25,28). The number of ether oxygens (including phenoxy) is 2. The lowest BCUT2D eigenvalue weighted by Crippen LogP contribution is -2.63. The first-order valence-electron chi connectivity index (χ1n) is 11.3. The number of carbonyl (C=O) groups excluding carboxylic acids is 2. The minimum Gasteiger partial charge on any atom is -0.444 e. The molecule has 3 aliphatic heterocycles. The number of morpholine rings is 1. The van der Waals surface area contributed by atoms with Crippen molar-refractivity contribution < 1.29 is 19.1 Å². The number of para-hydroxylation sites is 1. The number of fused-ring (bicyclic) bond motifs is 5. The molecule has 2 fully saturated rings. The molecule has 4 heterocycles. The highest BCUT2D eigenvalue weighted by molar-refractivity contribution is 6.08. The molecule has 2 amide bonds. The quantitative estimate of drug-likeness (QED) is 0.800. The lowest BCUT2D eigenvalue weighted by molar-refractivity contribution is -0.0835. The summed E-state index contributed by atoms with van der Waals surface area (Å²) in [5, 5.41) is 4.32. The lowest BCUT2D eigenvalue weighted by atomic mass is 9.90. The summed E-state index contributed by atoms with van der Waals surface area (Å²) in [5.41, 5.74) is 2.58. The molecule has 0 radical (unpaired) electrons. The lowest BCUT2D eigenvalue weighted by Gasteiger charge is -2.48. The Morgan fingerprint density at radius 2 is 1.84 bits per heavy atom. The molecule has 2 unspecified atom stereocenters. The summed E-state index contributed by atoms with van der Waals surface area (Å²) in [6, 6.07) is 8.03. The van der Waals surface area contributed by atoms with Crippen molar-refractivity contribution in [3.05, 3.63) is 35.5 Å². The zero-order valence-corrected chi connectivity index (χ0v) is 18.5. The number of amides is 2. The second kappa shape index (κ2) is 7.55. The highest BCUT2D eigenvalue weighted by Crippen LogP contribution is 2.33. The van der Waals surface area contributed by atoms with Crippen LogP contribution in [-0.2, 0) is 22.4 Å². The highest BCUT2D eigenvalue weighted by Gasteiger charge is 2.44. The van der Waals surface area contributed by atoms with Crippen LogP contribution >= 0.6 is 0 Å². The van der Waals surface area contributed by atoms with E-state index < -0.39 is 5.60 Å². The van der Waals surface area contributed by atoms with E-state index >= 15 is 0 Å². The molecule has 2 bridgehead atoms. The van der Waals surface area contributed by atoms with E-state index in [4.69, 9.17) is 9.47 Å². The topological polar surface area (TPSA) is 72.8 Å². The van der Waals surface area contributed by atoms with Gasteiger partial charge in [-0.15, -0.1) is 0 Å². The fourth-order valence-electron chi connectivity index (χ4n) is 5.43. The van der Waals surface area contributed by atoms with Crippen molar-refractivity contribution in [2.75, 3.05) is 13.2 Å². The van der Waals surface area contributed by atoms with Gasteiger partial charge in [-0.25, -0.2) is 4.79 Å². The molecule has 0 aliphatic carbocycles. The summed E-state index contributed by atoms with van der Waals surface area (Å²) in [5.74, 6) is 0.00144. The number of hydrogen-bond acceptors (Lipinski definition) is 4. The van der Waals surface area contributed by atoms with E-state index in [-0.39, 0.29) is 30.1 Å². The first kappa shape index (κ1) is 20.4.